The van der Waals surface area contributed by atoms with Crippen LogP contribution >= 0.6 is 0 Å². The van der Waals surface area contributed by atoms with Gasteiger partial charge < -0.3 is 10.2 Å². The first-order valence-electron chi connectivity index (χ1n) is 4.85. The smallest absolute Gasteiger partial charge is 0.415 e. The third-order valence-electron chi connectivity index (χ3n) is 2.55. The van der Waals surface area contributed by atoms with Crippen molar-refractivity contribution in [2.75, 3.05) is 0 Å². The van der Waals surface area contributed by atoms with Gasteiger partial charge in [0.2, 0.25) is 0 Å². The van der Waals surface area contributed by atoms with E-state index in [0.29, 0.717) is 6.07 Å². The number of halogens is 3. The maximum absolute atomic E-state index is 12.5. The van der Waals surface area contributed by atoms with E-state index in [1.807, 2.05) is 0 Å². The zero-order chi connectivity index (χ0) is 13.5. The lowest BCUT2D eigenvalue weighted by Gasteiger charge is -2.19. The predicted octanol–water partition coefficient (Wildman–Crippen LogP) is 2.63. The molecule has 0 bridgehead atoms. The fraction of sp³-hybridized carbons (Fsp3) is 0.0833. The molecule has 0 radical (unpaired) electrons. The minimum Gasteiger partial charge on any atom is -0.872 e. The van der Waals surface area contributed by atoms with Gasteiger partial charge in [-0.05, 0) is 22.9 Å². The zero-order valence-electron chi connectivity index (χ0n) is 8.78. The van der Waals surface area contributed by atoms with E-state index in [0.717, 1.165) is 6.07 Å². The molecule has 1 N–H and O–H groups in total. The summed E-state index contributed by atoms with van der Waals surface area (Å²) in [5.41, 5.74) is -1.49. The van der Waals surface area contributed by atoms with Gasteiger partial charge in [0.1, 0.15) is 0 Å². The molecule has 0 aliphatic heterocycles. The Labute approximate surface area is 99.1 Å². The second kappa shape index (κ2) is 3.90. The van der Waals surface area contributed by atoms with Gasteiger partial charge in [-0.25, -0.2) is 4.79 Å². The van der Waals surface area contributed by atoms with Crippen LogP contribution in [0.2, 0.25) is 0 Å². The highest BCUT2D eigenvalue weighted by Gasteiger charge is 2.31. The molecule has 3 nitrogen and oxygen atoms in total. The molecule has 2 aromatic rings. The normalized spacial score (nSPS) is 11.7. The average Bonchev–Trinajstić information content (AvgIpc) is 2.27. The van der Waals surface area contributed by atoms with E-state index in [2.05, 4.69) is 0 Å². The summed E-state index contributed by atoms with van der Waals surface area (Å²) in [4.78, 5) is 10.9. The van der Waals surface area contributed by atoms with Gasteiger partial charge in [0, 0.05) is 5.56 Å². The summed E-state index contributed by atoms with van der Waals surface area (Å²) in [6, 6.07) is 5.27. The molecule has 0 aliphatic carbocycles. The van der Waals surface area contributed by atoms with Crippen molar-refractivity contribution in [2.45, 2.75) is 6.18 Å². The van der Waals surface area contributed by atoms with Crippen molar-refractivity contribution in [1.82, 2.24) is 0 Å². The first kappa shape index (κ1) is 12.2. The number of carboxylic acid groups (broad SMARTS) is 1. The van der Waals surface area contributed by atoms with Crippen LogP contribution in [0.15, 0.2) is 30.3 Å². The molecule has 94 valence electrons. The largest absolute Gasteiger partial charge is 0.872 e. The second-order valence-corrected chi connectivity index (χ2v) is 3.65. The average molecular weight is 255 g/mol. The fourth-order valence-corrected chi connectivity index (χ4v) is 1.74. The molecule has 2 aromatic carbocycles. The monoisotopic (exact) mass is 255 g/mol. The molecule has 0 spiro atoms. The van der Waals surface area contributed by atoms with Gasteiger partial charge in [0.15, 0.2) is 0 Å². The summed E-state index contributed by atoms with van der Waals surface area (Å²) in [6.07, 6.45) is -4.75. The Kier molecular flexibility index (Phi) is 2.65. The molecule has 0 saturated carbocycles. The first-order chi connectivity index (χ1) is 8.32. The van der Waals surface area contributed by atoms with Gasteiger partial charge in [-0.2, -0.15) is 13.2 Å². The van der Waals surface area contributed by atoms with Crippen molar-refractivity contribution in [3.63, 3.8) is 0 Å². The predicted molar refractivity (Wildman–Crippen MR) is 55.4 cm³/mol. The number of hydrogen-bond acceptors (Lipinski definition) is 2. The van der Waals surface area contributed by atoms with Crippen LogP contribution in [0.3, 0.4) is 0 Å². The molecule has 18 heavy (non-hydrogen) atoms. The molecule has 6 heteroatoms. The van der Waals surface area contributed by atoms with Crippen LogP contribution in [0.1, 0.15) is 15.9 Å². The van der Waals surface area contributed by atoms with Gasteiger partial charge in [-0.15, -0.1) is 0 Å². The van der Waals surface area contributed by atoms with E-state index in [1.54, 1.807) is 0 Å². The van der Waals surface area contributed by atoms with Crippen LogP contribution in [-0.2, 0) is 6.18 Å². The lowest BCUT2D eigenvalue weighted by Crippen LogP contribution is -2.10. The summed E-state index contributed by atoms with van der Waals surface area (Å²) >= 11 is 0. The minimum absolute atomic E-state index is 0.00278. The van der Waals surface area contributed by atoms with Crippen LogP contribution in [0, 0.1) is 0 Å². The van der Waals surface area contributed by atoms with Gasteiger partial charge in [0.25, 0.3) is 0 Å². The highest BCUT2D eigenvalue weighted by Crippen LogP contribution is 2.38. The third-order valence-corrected chi connectivity index (χ3v) is 2.55. The quantitative estimate of drug-likeness (QED) is 0.852. The van der Waals surface area contributed by atoms with E-state index in [1.165, 1.54) is 18.2 Å². The topological polar surface area (TPSA) is 60.4 Å². The van der Waals surface area contributed by atoms with E-state index in [9.17, 15) is 23.1 Å². The molecular weight excluding hydrogens is 249 g/mol. The lowest BCUT2D eigenvalue weighted by atomic mass is 10.0. The molecule has 0 heterocycles. The van der Waals surface area contributed by atoms with Gasteiger partial charge >= 0.3 is 12.1 Å². The van der Waals surface area contributed by atoms with Crippen LogP contribution < -0.4 is 5.11 Å². The third kappa shape index (κ3) is 1.85. The summed E-state index contributed by atoms with van der Waals surface area (Å²) < 4.78 is 37.6. The van der Waals surface area contributed by atoms with Gasteiger partial charge in [-0.3, -0.25) is 0 Å². The number of carboxylic acids is 1. The number of rotatable bonds is 1. The van der Waals surface area contributed by atoms with Crippen molar-refractivity contribution in [3.05, 3.63) is 41.5 Å². The highest BCUT2D eigenvalue weighted by molar-refractivity contribution is 6.05. The Morgan fingerprint density at radius 3 is 2.33 bits per heavy atom. The Morgan fingerprint density at radius 2 is 1.78 bits per heavy atom. The Balaban J connectivity index is 2.82. The molecule has 0 unspecified atom stereocenters. The van der Waals surface area contributed by atoms with Crippen molar-refractivity contribution < 1.29 is 28.2 Å². The molecule has 0 aromatic heterocycles. The summed E-state index contributed by atoms with van der Waals surface area (Å²) in [6.45, 7) is 0. The van der Waals surface area contributed by atoms with Gasteiger partial charge in [-0.1, -0.05) is 23.9 Å². The van der Waals surface area contributed by atoms with Crippen LogP contribution in [0.5, 0.6) is 5.75 Å². The van der Waals surface area contributed by atoms with E-state index in [-0.39, 0.29) is 16.3 Å². The van der Waals surface area contributed by atoms with Crippen LogP contribution in [0.4, 0.5) is 13.2 Å². The van der Waals surface area contributed by atoms with Crippen molar-refractivity contribution >= 4 is 16.7 Å². The standard InChI is InChI=1S/C12H7F3O3/c13-12(14,15)9-5-4-6-7(10(9)16)2-1-3-8(6)11(17)18/h1-5,16H,(H,17,18)/p-1. The van der Waals surface area contributed by atoms with Crippen LogP contribution in [-0.4, -0.2) is 11.1 Å². The minimum atomic E-state index is -4.75. The molecular formula is C12H6F3O3-. The molecule has 0 aliphatic rings. The molecule has 0 fully saturated rings. The second-order valence-electron chi connectivity index (χ2n) is 3.65. The van der Waals surface area contributed by atoms with E-state index in [4.69, 9.17) is 5.11 Å². The van der Waals surface area contributed by atoms with Crippen molar-refractivity contribution in [3.8, 4) is 5.75 Å². The summed E-state index contributed by atoms with van der Waals surface area (Å²) in [5.74, 6) is -2.50. The Bertz CT molecular complexity index is 632. The number of carbonyl (C=O) groups is 1. The van der Waals surface area contributed by atoms with Crippen molar-refractivity contribution in [1.29, 1.82) is 0 Å². The molecule has 0 amide bonds. The Hall–Kier alpha value is -2.24. The number of fused-ring (bicyclic) bond motifs is 1. The Morgan fingerprint density at radius 1 is 1.11 bits per heavy atom. The van der Waals surface area contributed by atoms with Crippen LogP contribution in [0.25, 0.3) is 10.8 Å². The zero-order valence-corrected chi connectivity index (χ0v) is 8.78. The lowest BCUT2D eigenvalue weighted by molar-refractivity contribution is -0.273. The number of aromatic carboxylic acids is 1. The fourth-order valence-electron chi connectivity index (χ4n) is 1.74. The summed E-state index contributed by atoms with van der Waals surface area (Å²) in [5, 5.41) is 20.3. The van der Waals surface area contributed by atoms with Gasteiger partial charge in [0.05, 0.1) is 5.56 Å². The first-order valence-corrected chi connectivity index (χ1v) is 4.85. The summed E-state index contributed by atoms with van der Waals surface area (Å²) in [7, 11) is 0. The molecule has 2 rings (SSSR count). The molecule has 0 saturated heterocycles. The maximum Gasteiger partial charge on any atom is 0.415 e. The van der Waals surface area contributed by atoms with Crippen molar-refractivity contribution in [2.24, 2.45) is 0 Å². The maximum atomic E-state index is 12.5. The number of hydrogen-bond donors (Lipinski definition) is 1. The molecule has 0 atom stereocenters. The van der Waals surface area contributed by atoms with E-state index < -0.39 is 23.5 Å². The highest BCUT2D eigenvalue weighted by atomic mass is 19.4. The van der Waals surface area contributed by atoms with E-state index >= 15 is 0 Å². The number of benzene rings is 2. The number of alkyl halides is 3. The SMILES string of the molecule is O=C(O)c1cccc2c([O-])c(C(F)(F)F)ccc12.